The van der Waals surface area contributed by atoms with Gasteiger partial charge in [-0.25, -0.2) is 4.99 Å². The quantitative estimate of drug-likeness (QED) is 0.640. The number of rotatable bonds is 5. The van der Waals surface area contributed by atoms with Crippen molar-refractivity contribution in [3.8, 4) is 0 Å². The summed E-state index contributed by atoms with van der Waals surface area (Å²) < 4.78 is 5.01. The van der Waals surface area contributed by atoms with Gasteiger partial charge in [0.15, 0.2) is 0 Å². The summed E-state index contributed by atoms with van der Waals surface area (Å²) in [4.78, 5) is 15.2. The van der Waals surface area contributed by atoms with Gasteiger partial charge in [0, 0.05) is 6.54 Å². The zero-order valence-electron chi connectivity index (χ0n) is 8.01. The van der Waals surface area contributed by atoms with Gasteiger partial charge in [0.2, 0.25) is 0 Å². The molecule has 0 saturated heterocycles. The molecular weight excluding hydrogens is 168 g/mol. The first kappa shape index (κ1) is 10.0. The van der Waals surface area contributed by atoms with Gasteiger partial charge in [0.1, 0.15) is 6.61 Å². The van der Waals surface area contributed by atoms with Crippen LogP contribution in [0.1, 0.15) is 26.2 Å². The number of nitrogens with one attached hydrogen (secondary N) is 1. The first-order chi connectivity index (χ1) is 6.34. The minimum absolute atomic E-state index is 0.173. The molecule has 0 unspecified atom stereocenters. The van der Waals surface area contributed by atoms with Crippen molar-refractivity contribution in [1.29, 1.82) is 0 Å². The van der Waals surface area contributed by atoms with Gasteiger partial charge in [0.05, 0.1) is 6.54 Å². The van der Waals surface area contributed by atoms with Gasteiger partial charge in [-0.3, -0.25) is 4.79 Å². The molecule has 0 aromatic rings. The van der Waals surface area contributed by atoms with Crippen LogP contribution in [0.25, 0.3) is 0 Å². The van der Waals surface area contributed by atoms with Crippen LogP contribution in [-0.4, -0.2) is 31.5 Å². The van der Waals surface area contributed by atoms with Crippen molar-refractivity contribution in [2.45, 2.75) is 26.2 Å². The van der Waals surface area contributed by atoms with E-state index in [0.717, 1.165) is 25.8 Å². The van der Waals surface area contributed by atoms with E-state index in [0.29, 0.717) is 13.2 Å². The van der Waals surface area contributed by atoms with E-state index >= 15 is 0 Å². The average molecular weight is 184 g/mol. The number of carbonyl (C=O) groups is 1. The van der Waals surface area contributed by atoms with Crippen LogP contribution in [0.3, 0.4) is 0 Å². The molecule has 0 saturated carbocycles. The van der Waals surface area contributed by atoms with Crippen molar-refractivity contribution in [3.63, 3.8) is 0 Å². The smallest absolute Gasteiger partial charge is 0.306 e. The SMILES string of the molecule is CCCCCNC(=O)C1=NCCO1. The molecule has 1 aliphatic heterocycles. The molecule has 13 heavy (non-hydrogen) atoms. The molecule has 74 valence electrons. The maximum absolute atomic E-state index is 11.2. The van der Waals surface area contributed by atoms with Gasteiger partial charge in [-0.2, -0.15) is 0 Å². The standard InChI is InChI=1S/C9H16N2O2/c1-2-3-4-5-10-8(12)9-11-6-7-13-9/h2-7H2,1H3,(H,10,12). The third-order valence-electron chi connectivity index (χ3n) is 1.85. The van der Waals surface area contributed by atoms with Crippen molar-refractivity contribution in [3.05, 3.63) is 0 Å². The van der Waals surface area contributed by atoms with Crippen molar-refractivity contribution < 1.29 is 9.53 Å². The van der Waals surface area contributed by atoms with Crippen LogP contribution in [0.4, 0.5) is 0 Å². The van der Waals surface area contributed by atoms with E-state index in [9.17, 15) is 4.79 Å². The highest BCUT2D eigenvalue weighted by Crippen LogP contribution is 1.95. The Labute approximate surface area is 78.4 Å². The van der Waals surface area contributed by atoms with E-state index in [2.05, 4.69) is 17.2 Å². The third kappa shape index (κ3) is 3.44. The van der Waals surface area contributed by atoms with Gasteiger partial charge < -0.3 is 10.1 Å². The lowest BCUT2D eigenvalue weighted by Gasteiger charge is -2.03. The minimum Gasteiger partial charge on any atom is -0.472 e. The van der Waals surface area contributed by atoms with Gasteiger partial charge in [-0.05, 0) is 6.42 Å². The Morgan fingerprint density at radius 3 is 3.08 bits per heavy atom. The summed E-state index contributed by atoms with van der Waals surface area (Å²) in [5.74, 6) is 0.0742. The first-order valence-electron chi connectivity index (χ1n) is 4.80. The van der Waals surface area contributed by atoms with Gasteiger partial charge >= 0.3 is 5.91 Å². The molecule has 0 fully saturated rings. The summed E-state index contributed by atoms with van der Waals surface area (Å²) in [6.45, 7) is 4.00. The molecule has 4 heteroatoms. The topological polar surface area (TPSA) is 50.7 Å². The molecule has 1 amide bonds. The van der Waals surface area contributed by atoms with Crippen LogP contribution in [-0.2, 0) is 9.53 Å². The second-order valence-electron chi connectivity index (χ2n) is 3.00. The Morgan fingerprint density at radius 2 is 2.46 bits per heavy atom. The predicted octanol–water partition coefficient (Wildman–Crippen LogP) is 0.721. The molecule has 4 nitrogen and oxygen atoms in total. The minimum atomic E-state index is -0.173. The van der Waals surface area contributed by atoms with E-state index in [1.807, 2.05) is 0 Å². The fourth-order valence-corrected chi connectivity index (χ4v) is 1.13. The van der Waals surface area contributed by atoms with E-state index in [1.165, 1.54) is 0 Å². The molecule has 0 radical (unpaired) electrons. The highest BCUT2D eigenvalue weighted by atomic mass is 16.5. The zero-order valence-corrected chi connectivity index (χ0v) is 8.01. The van der Waals surface area contributed by atoms with E-state index < -0.39 is 0 Å². The maximum Gasteiger partial charge on any atom is 0.306 e. The highest BCUT2D eigenvalue weighted by Gasteiger charge is 2.15. The molecule has 0 spiro atoms. The lowest BCUT2D eigenvalue weighted by atomic mass is 10.2. The van der Waals surface area contributed by atoms with Crippen molar-refractivity contribution in [1.82, 2.24) is 5.32 Å². The van der Waals surface area contributed by atoms with Crippen molar-refractivity contribution >= 4 is 11.8 Å². The summed E-state index contributed by atoms with van der Waals surface area (Å²) in [6, 6.07) is 0. The summed E-state index contributed by atoms with van der Waals surface area (Å²) in [5, 5.41) is 2.76. The highest BCUT2D eigenvalue weighted by molar-refractivity contribution is 6.35. The van der Waals surface area contributed by atoms with Crippen LogP contribution >= 0.6 is 0 Å². The maximum atomic E-state index is 11.2. The summed E-state index contributed by atoms with van der Waals surface area (Å²) in [5.41, 5.74) is 0. The molecule has 1 heterocycles. The zero-order chi connectivity index (χ0) is 9.52. The number of unbranched alkanes of at least 4 members (excludes halogenated alkanes) is 2. The van der Waals surface area contributed by atoms with Crippen molar-refractivity contribution in [2.75, 3.05) is 19.7 Å². The van der Waals surface area contributed by atoms with Crippen LogP contribution in [0.5, 0.6) is 0 Å². The van der Waals surface area contributed by atoms with Gasteiger partial charge in [-0.15, -0.1) is 0 Å². The number of ether oxygens (including phenoxy) is 1. The van der Waals surface area contributed by atoms with E-state index in [-0.39, 0.29) is 11.8 Å². The number of hydrogen-bond donors (Lipinski definition) is 1. The molecule has 0 bridgehead atoms. The Bertz CT molecular complexity index is 202. The van der Waals surface area contributed by atoms with Crippen molar-refractivity contribution in [2.24, 2.45) is 4.99 Å². The molecule has 0 aliphatic carbocycles. The molecule has 1 N–H and O–H groups in total. The monoisotopic (exact) mass is 184 g/mol. The Balaban J connectivity index is 2.10. The number of amides is 1. The normalized spacial score (nSPS) is 15.0. The summed E-state index contributed by atoms with van der Waals surface area (Å²) >= 11 is 0. The Morgan fingerprint density at radius 1 is 1.62 bits per heavy atom. The first-order valence-corrected chi connectivity index (χ1v) is 4.80. The Kier molecular flexibility index (Phi) is 4.29. The number of carbonyl (C=O) groups excluding carboxylic acids is 1. The van der Waals surface area contributed by atoms with E-state index in [1.54, 1.807) is 0 Å². The number of hydrogen-bond acceptors (Lipinski definition) is 3. The molecule has 0 aromatic carbocycles. The second kappa shape index (κ2) is 5.56. The summed E-state index contributed by atoms with van der Waals surface area (Å²) in [7, 11) is 0. The molecule has 1 rings (SSSR count). The van der Waals surface area contributed by atoms with Crippen LogP contribution in [0.2, 0.25) is 0 Å². The second-order valence-corrected chi connectivity index (χ2v) is 3.00. The largest absolute Gasteiger partial charge is 0.472 e. The number of nitrogens with zero attached hydrogens (tertiary/aromatic N) is 1. The average Bonchev–Trinajstić information content (AvgIpc) is 2.65. The molecule has 0 atom stereocenters. The third-order valence-corrected chi connectivity index (χ3v) is 1.85. The molecule has 0 aromatic heterocycles. The van der Waals surface area contributed by atoms with E-state index in [4.69, 9.17) is 4.74 Å². The lowest BCUT2D eigenvalue weighted by Crippen LogP contribution is -2.31. The Hall–Kier alpha value is -1.06. The predicted molar refractivity (Wildman–Crippen MR) is 50.8 cm³/mol. The number of aliphatic imine (C=N–C) groups is 1. The molecular formula is C9H16N2O2. The van der Waals surface area contributed by atoms with Gasteiger partial charge in [0.25, 0.3) is 5.90 Å². The van der Waals surface area contributed by atoms with Crippen LogP contribution < -0.4 is 5.32 Å². The fourth-order valence-electron chi connectivity index (χ4n) is 1.13. The summed E-state index contributed by atoms with van der Waals surface area (Å²) in [6.07, 6.45) is 3.33. The lowest BCUT2D eigenvalue weighted by molar-refractivity contribution is -0.116. The van der Waals surface area contributed by atoms with Crippen LogP contribution in [0, 0.1) is 0 Å². The van der Waals surface area contributed by atoms with Crippen LogP contribution in [0.15, 0.2) is 4.99 Å². The van der Waals surface area contributed by atoms with Gasteiger partial charge in [-0.1, -0.05) is 19.8 Å². The molecule has 1 aliphatic rings. The fraction of sp³-hybridized carbons (Fsp3) is 0.778.